The molecule has 2 heteroatoms. The molecule has 0 spiro atoms. The standard InChI is InChI=1S/C14H22OS/c1-3-4-5-8-13(15)11-16-14-9-6-7-12(2)10-14/h6-7,9-10,13,15H,3-5,8,11H2,1-2H3. The number of thioether (sulfide) groups is 1. The summed E-state index contributed by atoms with van der Waals surface area (Å²) < 4.78 is 0. The maximum absolute atomic E-state index is 9.79. The van der Waals surface area contributed by atoms with Gasteiger partial charge >= 0.3 is 0 Å². The van der Waals surface area contributed by atoms with Gasteiger partial charge in [0.05, 0.1) is 6.10 Å². The summed E-state index contributed by atoms with van der Waals surface area (Å²) >= 11 is 1.75. The zero-order valence-electron chi connectivity index (χ0n) is 10.3. The van der Waals surface area contributed by atoms with Crippen molar-refractivity contribution in [3.8, 4) is 0 Å². The van der Waals surface area contributed by atoms with Gasteiger partial charge in [0, 0.05) is 10.6 Å². The Labute approximate surface area is 103 Å². The van der Waals surface area contributed by atoms with Gasteiger partial charge in [0.25, 0.3) is 0 Å². The fraction of sp³-hybridized carbons (Fsp3) is 0.571. The molecule has 1 aromatic rings. The van der Waals surface area contributed by atoms with Crippen LogP contribution in [0, 0.1) is 6.92 Å². The van der Waals surface area contributed by atoms with E-state index < -0.39 is 0 Å². The molecule has 0 saturated carbocycles. The Kier molecular flexibility index (Phi) is 6.58. The Bertz CT molecular complexity index is 299. The first-order valence-corrected chi connectivity index (χ1v) is 7.08. The van der Waals surface area contributed by atoms with Crippen molar-refractivity contribution in [2.24, 2.45) is 0 Å². The first-order valence-electron chi connectivity index (χ1n) is 6.10. The molecule has 0 aliphatic heterocycles. The number of aliphatic hydroxyl groups is 1. The maximum Gasteiger partial charge on any atom is 0.0634 e. The van der Waals surface area contributed by atoms with E-state index >= 15 is 0 Å². The van der Waals surface area contributed by atoms with Gasteiger partial charge in [-0.05, 0) is 25.5 Å². The molecule has 1 aromatic carbocycles. The normalized spacial score (nSPS) is 12.7. The Morgan fingerprint density at radius 1 is 1.31 bits per heavy atom. The highest BCUT2D eigenvalue weighted by Crippen LogP contribution is 2.21. The minimum Gasteiger partial charge on any atom is -0.392 e. The topological polar surface area (TPSA) is 20.2 Å². The van der Waals surface area contributed by atoms with Gasteiger partial charge in [0.15, 0.2) is 0 Å². The Morgan fingerprint density at radius 2 is 2.12 bits per heavy atom. The molecule has 16 heavy (non-hydrogen) atoms. The molecule has 1 unspecified atom stereocenters. The van der Waals surface area contributed by atoms with Crippen LogP contribution in [0.5, 0.6) is 0 Å². The van der Waals surface area contributed by atoms with Gasteiger partial charge in [0.2, 0.25) is 0 Å². The summed E-state index contributed by atoms with van der Waals surface area (Å²) in [7, 11) is 0. The number of aryl methyl sites for hydroxylation is 1. The lowest BCUT2D eigenvalue weighted by Crippen LogP contribution is -2.09. The van der Waals surface area contributed by atoms with Crippen LogP contribution in [0.25, 0.3) is 0 Å². The third-order valence-corrected chi connectivity index (χ3v) is 3.71. The Balaban J connectivity index is 2.23. The third-order valence-electron chi connectivity index (χ3n) is 2.57. The van der Waals surface area contributed by atoms with Crippen LogP contribution in [0.2, 0.25) is 0 Å². The van der Waals surface area contributed by atoms with Crippen LogP contribution in [0.15, 0.2) is 29.2 Å². The number of rotatable bonds is 7. The van der Waals surface area contributed by atoms with Crippen molar-refractivity contribution in [2.75, 3.05) is 5.75 Å². The minimum atomic E-state index is -0.155. The quantitative estimate of drug-likeness (QED) is 0.572. The van der Waals surface area contributed by atoms with Crippen molar-refractivity contribution in [2.45, 2.75) is 50.5 Å². The summed E-state index contributed by atoms with van der Waals surface area (Å²) in [5.74, 6) is 0.813. The van der Waals surface area contributed by atoms with Crippen molar-refractivity contribution in [3.05, 3.63) is 29.8 Å². The van der Waals surface area contributed by atoms with E-state index in [-0.39, 0.29) is 6.10 Å². The van der Waals surface area contributed by atoms with Crippen molar-refractivity contribution >= 4 is 11.8 Å². The lowest BCUT2D eigenvalue weighted by Gasteiger charge is -2.09. The molecular formula is C14H22OS. The predicted molar refractivity (Wildman–Crippen MR) is 72.1 cm³/mol. The maximum atomic E-state index is 9.79. The summed E-state index contributed by atoms with van der Waals surface area (Å²) in [5.41, 5.74) is 1.28. The van der Waals surface area contributed by atoms with E-state index in [4.69, 9.17) is 0 Å². The SMILES string of the molecule is CCCCCC(O)CSc1cccc(C)c1. The second-order valence-corrected chi connectivity index (χ2v) is 5.37. The molecule has 0 saturated heterocycles. The number of hydrogen-bond donors (Lipinski definition) is 1. The molecule has 1 nitrogen and oxygen atoms in total. The smallest absolute Gasteiger partial charge is 0.0634 e. The molecule has 90 valence electrons. The molecule has 0 bridgehead atoms. The molecule has 0 aliphatic carbocycles. The molecule has 1 rings (SSSR count). The molecule has 1 atom stereocenters. The number of unbranched alkanes of at least 4 members (excludes halogenated alkanes) is 2. The zero-order valence-corrected chi connectivity index (χ0v) is 11.1. The van der Waals surface area contributed by atoms with Gasteiger partial charge in [-0.3, -0.25) is 0 Å². The molecule has 0 amide bonds. The fourth-order valence-corrected chi connectivity index (χ4v) is 2.61. The first-order chi connectivity index (χ1) is 7.72. The van der Waals surface area contributed by atoms with E-state index in [2.05, 4.69) is 38.1 Å². The molecule has 0 radical (unpaired) electrons. The molecule has 0 heterocycles. The summed E-state index contributed by atoms with van der Waals surface area (Å²) in [6.45, 7) is 4.29. The van der Waals surface area contributed by atoms with Gasteiger partial charge in [0.1, 0.15) is 0 Å². The average Bonchev–Trinajstić information content (AvgIpc) is 2.27. The zero-order chi connectivity index (χ0) is 11.8. The summed E-state index contributed by atoms with van der Waals surface area (Å²) in [5, 5.41) is 9.79. The summed E-state index contributed by atoms with van der Waals surface area (Å²) in [6.07, 6.45) is 4.37. The Morgan fingerprint density at radius 3 is 2.81 bits per heavy atom. The molecular weight excluding hydrogens is 216 g/mol. The minimum absolute atomic E-state index is 0.155. The van der Waals surface area contributed by atoms with Crippen LogP contribution in [0.1, 0.15) is 38.2 Å². The van der Waals surface area contributed by atoms with Gasteiger partial charge in [-0.1, -0.05) is 43.9 Å². The van der Waals surface area contributed by atoms with Crippen molar-refractivity contribution < 1.29 is 5.11 Å². The van der Waals surface area contributed by atoms with E-state index in [1.54, 1.807) is 11.8 Å². The van der Waals surface area contributed by atoms with Crippen molar-refractivity contribution in [1.29, 1.82) is 0 Å². The highest BCUT2D eigenvalue weighted by molar-refractivity contribution is 7.99. The van der Waals surface area contributed by atoms with Gasteiger partial charge in [-0.15, -0.1) is 11.8 Å². The lowest BCUT2D eigenvalue weighted by atomic mass is 10.1. The Hall–Kier alpha value is -0.470. The van der Waals surface area contributed by atoms with E-state index in [0.29, 0.717) is 0 Å². The van der Waals surface area contributed by atoms with E-state index in [0.717, 1.165) is 18.6 Å². The van der Waals surface area contributed by atoms with Gasteiger partial charge in [-0.2, -0.15) is 0 Å². The number of aliphatic hydroxyl groups excluding tert-OH is 1. The summed E-state index contributed by atoms with van der Waals surface area (Å²) in [4.78, 5) is 1.26. The van der Waals surface area contributed by atoms with Crippen LogP contribution >= 0.6 is 11.8 Å². The number of hydrogen-bond acceptors (Lipinski definition) is 2. The lowest BCUT2D eigenvalue weighted by molar-refractivity contribution is 0.185. The molecule has 0 fully saturated rings. The monoisotopic (exact) mass is 238 g/mol. The highest BCUT2D eigenvalue weighted by Gasteiger charge is 2.04. The van der Waals surface area contributed by atoms with Crippen LogP contribution in [0.4, 0.5) is 0 Å². The van der Waals surface area contributed by atoms with E-state index in [1.165, 1.54) is 23.3 Å². The summed E-state index contributed by atoms with van der Waals surface area (Å²) in [6, 6.07) is 8.45. The average molecular weight is 238 g/mol. The molecule has 1 N–H and O–H groups in total. The van der Waals surface area contributed by atoms with Crippen LogP contribution in [-0.4, -0.2) is 17.0 Å². The molecule has 0 aliphatic rings. The highest BCUT2D eigenvalue weighted by atomic mass is 32.2. The van der Waals surface area contributed by atoms with Crippen LogP contribution < -0.4 is 0 Å². The third kappa shape index (κ3) is 5.57. The molecule has 0 aromatic heterocycles. The van der Waals surface area contributed by atoms with E-state index in [1.807, 2.05) is 0 Å². The van der Waals surface area contributed by atoms with Gasteiger partial charge < -0.3 is 5.11 Å². The first kappa shape index (κ1) is 13.6. The second kappa shape index (κ2) is 7.75. The second-order valence-electron chi connectivity index (χ2n) is 4.28. The van der Waals surface area contributed by atoms with Crippen LogP contribution in [0.3, 0.4) is 0 Å². The van der Waals surface area contributed by atoms with Crippen LogP contribution in [-0.2, 0) is 0 Å². The van der Waals surface area contributed by atoms with Crippen molar-refractivity contribution in [3.63, 3.8) is 0 Å². The van der Waals surface area contributed by atoms with Gasteiger partial charge in [-0.25, -0.2) is 0 Å². The van der Waals surface area contributed by atoms with Crippen molar-refractivity contribution in [1.82, 2.24) is 0 Å². The number of benzene rings is 1. The van der Waals surface area contributed by atoms with E-state index in [9.17, 15) is 5.11 Å². The largest absolute Gasteiger partial charge is 0.392 e. The fourth-order valence-electron chi connectivity index (χ4n) is 1.61. The predicted octanol–water partition coefficient (Wildman–Crippen LogP) is 4.03.